The molecule has 0 bridgehead atoms. The molecule has 8 heteroatoms. The van der Waals surface area contributed by atoms with Gasteiger partial charge in [-0.25, -0.2) is 0 Å². The van der Waals surface area contributed by atoms with Gasteiger partial charge < -0.3 is 19.6 Å². The fourth-order valence-corrected chi connectivity index (χ4v) is 2.57. The van der Waals surface area contributed by atoms with E-state index in [9.17, 15) is 4.79 Å². The van der Waals surface area contributed by atoms with Crippen molar-refractivity contribution in [3.63, 3.8) is 0 Å². The quantitative estimate of drug-likeness (QED) is 0.610. The third-order valence-electron chi connectivity index (χ3n) is 3.57. The molecule has 0 radical (unpaired) electrons. The molecule has 1 atom stereocenters. The van der Waals surface area contributed by atoms with Gasteiger partial charge in [-0.15, -0.1) is 0 Å². The number of oxime groups is 1. The lowest BCUT2D eigenvalue weighted by Gasteiger charge is -2.19. The van der Waals surface area contributed by atoms with E-state index in [-0.39, 0.29) is 5.91 Å². The summed E-state index contributed by atoms with van der Waals surface area (Å²) in [6, 6.07) is 10.3. The van der Waals surface area contributed by atoms with Crippen molar-refractivity contribution in [1.82, 2.24) is 0 Å². The highest BCUT2D eigenvalue weighted by Crippen LogP contribution is 2.32. The summed E-state index contributed by atoms with van der Waals surface area (Å²) in [6.45, 7) is 2.58. The van der Waals surface area contributed by atoms with Gasteiger partial charge >= 0.3 is 0 Å². The second-order valence-electron chi connectivity index (χ2n) is 5.47. The number of carbonyl (C=O) groups excluding carboxylic acids is 1. The van der Waals surface area contributed by atoms with Crippen molar-refractivity contribution in [2.45, 2.75) is 13.0 Å². The number of rotatable bonds is 5. The highest BCUT2D eigenvalue weighted by Gasteiger charge is 2.17. The zero-order chi connectivity index (χ0) is 18.5. The van der Waals surface area contributed by atoms with E-state index in [1.165, 1.54) is 6.21 Å². The molecule has 136 valence electrons. The summed E-state index contributed by atoms with van der Waals surface area (Å²) in [4.78, 5) is 17.4. The van der Waals surface area contributed by atoms with Crippen LogP contribution in [0.4, 0.5) is 5.69 Å². The summed E-state index contributed by atoms with van der Waals surface area (Å²) < 4.78 is 10.9. The molecule has 2 aromatic rings. The van der Waals surface area contributed by atoms with Gasteiger partial charge in [0.1, 0.15) is 13.2 Å². The molecule has 1 heterocycles. The van der Waals surface area contributed by atoms with E-state index in [0.29, 0.717) is 46.0 Å². The van der Waals surface area contributed by atoms with Crippen LogP contribution in [-0.2, 0) is 9.63 Å². The van der Waals surface area contributed by atoms with Gasteiger partial charge in [-0.1, -0.05) is 40.5 Å². The highest BCUT2D eigenvalue weighted by atomic mass is 35.5. The van der Waals surface area contributed by atoms with Crippen LogP contribution in [0.1, 0.15) is 12.5 Å². The Morgan fingerprint density at radius 1 is 1.23 bits per heavy atom. The standard InChI is InChI=1S/C18H16Cl2N2O4/c1-11(26-21-10-12-3-2-4-14(19)17(12)20)18(23)22-13-5-6-15-16(9-13)25-8-7-24-15/h2-6,9-11H,7-8H2,1H3,(H,22,23)/b21-10-/t11-/m0/s1. The molecule has 1 N–H and O–H groups in total. The Labute approximate surface area is 160 Å². The molecule has 0 aliphatic carbocycles. The number of anilines is 1. The van der Waals surface area contributed by atoms with Crippen LogP contribution >= 0.6 is 23.2 Å². The summed E-state index contributed by atoms with van der Waals surface area (Å²) >= 11 is 12.0. The van der Waals surface area contributed by atoms with Gasteiger partial charge in [0, 0.05) is 17.3 Å². The summed E-state index contributed by atoms with van der Waals surface area (Å²) in [7, 11) is 0. The molecule has 3 rings (SSSR count). The lowest BCUT2D eigenvalue weighted by atomic mass is 10.2. The zero-order valence-electron chi connectivity index (χ0n) is 13.9. The number of fused-ring (bicyclic) bond motifs is 1. The summed E-state index contributed by atoms with van der Waals surface area (Å²) in [5.74, 6) is 0.897. The number of nitrogens with zero attached hydrogens (tertiary/aromatic N) is 1. The highest BCUT2D eigenvalue weighted by molar-refractivity contribution is 6.43. The average Bonchev–Trinajstić information content (AvgIpc) is 2.65. The lowest BCUT2D eigenvalue weighted by Crippen LogP contribution is -2.26. The van der Waals surface area contributed by atoms with Gasteiger partial charge in [0.25, 0.3) is 5.91 Å². The maximum Gasteiger partial charge on any atom is 0.267 e. The molecule has 0 fully saturated rings. The fourth-order valence-electron chi connectivity index (χ4n) is 2.21. The Kier molecular flexibility index (Phi) is 5.85. The van der Waals surface area contributed by atoms with Gasteiger partial charge in [-0.2, -0.15) is 0 Å². The van der Waals surface area contributed by atoms with E-state index >= 15 is 0 Å². The minimum atomic E-state index is -0.808. The first-order valence-electron chi connectivity index (χ1n) is 7.88. The molecular formula is C18H16Cl2N2O4. The van der Waals surface area contributed by atoms with Crippen molar-refractivity contribution in [3.8, 4) is 11.5 Å². The third-order valence-corrected chi connectivity index (χ3v) is 4.40. The van der Waals surface area contributed by atoms with Crippen LogP contribution < -0.4 is 14.8 Å². The SMILES string of the molecule is C[C@H](O/N=C\c1cccc(Cl)c1Cl)C(=O)Nc1ccc2c(c1)OCCO2. The fraction of sp³-hybridized carbons (Fsp3) is 0.222. The Hall–Kier alpha value is -2.44. The van der Waals surface area contributed by atoms with Crippen molar-refractivity contribution in [3.05, 3.63) is 52.0 Å². The molecule has 0 saturated carbocycles. The number of hydrogen-bond acceptors (Lipinski definition) is 5. The van der Waals surface area contributed by atoms with Crippen LogP contribution in [0.15, 0.2) is 41.6 Å². The predicted octanol–water partition coefficient (Wildman–Crippen LogP) is 4.14. The number of ether oxygens (including phenoxy) is 2. The number of nitrogens with one attached hydrogen (secondary N) is 1. The normalized spacial score (nSPS) is 14.1. The second kappa shape index (κ2) is 8.29. The Bertz CT molecular complexity index is 842. The maximum absolute atomic E-state index is 12.2. The number of amides is 1. The van der Waals surface area contributed by atoms with Gasteiger partial charge in [-0.3, -0.25) is 4.79 Å². The summed E-state index contributed by atoms with van der Waals surface area (Å²) in [5, 5.41) is 7.33. The molecule has 6 nitrogen and oxygen atoms in total. The summed E-state index contributed by atoms with van der Waals surface area (Å²) in [5.41, 5.74) is 1.18. The van der Waals surface area contributed by atoms with Crippen molar-refractivity contribution in [2.75, 3.05) is 18.5 Å². The van der Waals surface area contributed by atoms with E-state index in [1.807, 2.05) is 0 Å². The number of carbonyl (C=O) groups is 1. The first kappa shape index (κ1) is 18.4. The van der Waals surface area contributed by atoms with E-state index in [4.69, 9.17) is 37.5 Å². The van der Waals surface area contributed by atoms with Crippen LogP contribution in [0.2, 0.25) is 10.0 Å². The minimum absolute atomic E-state index is 0.351. The van der Waals surface area contributed by atoms with E-state index < -0.39 is 6.10 Å². The molecule has 26 heavy (non-hydrogen) atoms. The molecule has 1 amide bonds. The lowest BCUT2D eigenvalue weighted by molar-refractivity contribution is -0.126. The van der Waals surface area contributed by atoms with E-state index in [0.717, 1.165) is 0 Å². The van der Waals surface area contributed by atoms with Crippen LogP contribution in [0.3, 0.4) is 0 Å². The van der Waals surface area contributed by atoms with Gasteiger partial charge in [0.2, 0.25) is 6.10 Å². The zero-order valence-corrected chi connectivity index (χ0v) is 15.4. The third kappa shape index (κ3) is 4.39. The molecule has 0 saturated heterocycles. The largest absolute Gasteiger partial charge is 0.486 e. The van der Waals surface area contributed by atoms with Crippen LogP contribution in [0, 0.1) is 0 Å². The average molecular weight is 395 g/mol. The first-order chi connectivity index (χ1) is 12.5. The summed E-state index contributed by atoms with van der Waals surface area (Å²) in [6.07, 6.45) is 0.597. The van der Waals surface area contributed by atoms with Gasteiger partial charge in [0.05, 0.1) is 16.3 Å². The maximum atomic E-state index is 12.2. The Morgan fingerprint density at radius 3 is 2.81 bits per heavy atom. The van der Waals surface area contributed by atoms with E-state index in [2.05, 4.69) is 10.5 Å². The molecule has 1 aliphatic rings. The smallest absolute Gasteiger partial charge is 0.267 e. The number of benzene rings is 2. The van der Waals surface area contributed by atoms with Crippen LogP contribution in [-0.4, -0.2) is 31.4 Å². The second-order valence-corrected chi connectivity index (χ2v) is 6.26. The van der Waals surface area contributed by atoms with Crippen molar-refractivity contribution in [1.29, 1.82) is 0 Å². The molecule has 0 aromatic heterocycles. The van der Waals surface area contributed by atoms with Crippen molar-refractivity contribution < 1.29 is 19.1 Å². The Morgan fingerprint density at radius 2 is 2.00 bits per heavy atom. The predicted molar refractivity (Wildman–Crippen MR) is 101 cm³/mol. The van der Waals surface area contributed by atoms with Crippen molar-refractivity contribution in [2.24, 2.45) is 5.16 Å². The monoisotopic (exact) mass is 394 g/mol. The molecule has 1 aliphatic heterocycles. The van der Waals surface area contributed by atoms with Crippen LogP contribution in [0.5, 0.6) is 11.5 Å². The van der Waals surface area contributed by atoms with Crippen molar-refractivity contribution >= 4 is 41.0 Å². The van der Waals surface area contributed by atoms with Gasteiger partial charge in [-0.05, 0) is 25.1 Å². The van der Waals surface area contributed by atoms with E-state index in [1.54, 1.807) is 43.3 Å². The number of halogens is 2. The molecule has 0 spiro atoms. The van der Waals surface area contributed by atoms with Gasteiger partial charge in [0.15, 0.2) is 11.5 Å². The molecule has 2 aromatic carbocycles. The first-order valence-corrected chi connectivity index (χ1v) is 8.64. The molecule has 0 unspecified atom stereocenters. The Balaban J connectivity index is 1.58. The minimum Gasteiger partial charge on any atom is -0.486 e. The topological polar surface area (TPSA) is 69.2 Å². The molecular weight excluding hydrogens is 379 g/mol. The number of hydrogen-bond donors (Lipinski definition) is 1. The van der Waals surface area contributed by atoms with Crippen LogP contribution in [0.25, 0.3) is 0 Å².